The second kappa shape index (κ2) is 8.27. The number of rotatable bonds is 7. The highest BCUT2D eigenvalue weighted by Gasteiger charge is 2.18. The number of carbonyl (C=O) groups is 1. The Morgan fingerprint density at radius 2 is 2.05 bits per heavy atom. The van der Waals surface area contributed by atoms with E-state index in [0.29, 0.717) is 10.7 Å². The number of ether oxygens (including phenoxy) is 1. The second-order valence-corrected chi connectivity index (χ2v) is 6.40. The van der Waals surface area contributed by atoms with E-state index in [2.05, 4.69) is 0 Å². The van der Waals surface area contributed by atoms with Crippen molar-refractivity contribution in [3.8, 4) is 0 Å². The zero-order valence-electron chi connectivity index (χ0n) is 12.1. The van der Waals surface area contributed by atoms with E-state index in [9.17, 15) is 4.79 Å². The van der Waals surface area contributed by atoms with E-state index in [4.69, 9.17) is 22.7 Å². The van der Waals surface area contributed by atoms with Crippen LogP contribution in [-0.4, -0.2) is 22.3 Å². The number of thioether (sulfide) groups is 1. The Kier molecular flexibility index (Phi) is 7.02. The van der Waals surface area contributed by atoms with Crippen LogP contribution in [0, 0.1) is 0 Å². The Morgan fingerprint density at radius 1 is 1.40 bits per heavy atom. The van der Waals surface area contributed by atoms with Crippen molar-refractivity contribution in [2.75, 3.05) is 0 Å². The molecule has 20 heavy (non-hydrogen) atoms. The third-order valence-corrected chi connectivity index (χ3v) is 4.39. The molecule has 1 aromatic rings. The quantitative estimate of drug-likeness (QED) is 0.618. The molecule has 0 saturated carbocycles. The standard InChI is InChI=1S/C15H21NO2S2/c1-4-10(2)18-15(17)11(3)20-9-12-7-5-6-8-13(12)14(16)19/h5-8,10-11H,4,9H2,1-3H3,(H2,16,19). The Balaban J connectivity index is 2.59. The molecule has 0 aliphatic carbocycles. The van der Waals surface area contributed by atoms with Gasteiger partial charge in [0.25, 0.3) is 0 Å². The Hall–Kier alpha value is -1.07. The summed E-state index contributed by atoms with van der Waals surface area (Å²) in [6.45, 7) is 5.75. The van der Waals surface area contributed by atoms with Crippen LogP contribution >= 0.6 is 24.0 Å². The molecule has 0 bridgehead atoms. The first-order valence-electron chi connectivity index (χ1n) is 6.65. The summed E-state index contributed by atoms with van der Waals surface area (Å²) in [5, 5.41) is -0.205. The van der Waals surface area contributed by atoms with Crippen LogP contribution in [0.4, 0.5) is 0 Å². The zero-order valence-corrected chi connectivity index (χ0v) is 13.7. The normalized spacial score (nSPS) is 13.6. The van der Waals surface area contributed by atoms with Crippen LogP contribution < -0.4 is 5.73 Å². The van der Waals surface area contributed by atoms with Gasteiger partial charge in [0.05, 0.1) is 11.4 Å². The van der Waals surface area contributed by atoms with Crippen LogP contribution in [0.2, 0.25) is 0 Å². The minimum atomic E-state index is -0.205. The first kappa shape index (κ1) is 17.0. The van der Waals surface area contributed by atoms with Crippen molar-refractivity contribution in [3.63, 3.8) is 0 Å². The highest BCUT2D eigenvalue weighted by atomic mass is 32.2. The van der Waals surface area contributed by atoms with E-state index >= 15 is 0 Å². The van der Waals surface area contributed by atoms with E-state index in [1.54, 1.807) is 0 Å². The van der Waals surface area contributed by atoms with Crippen LogP contribution in [0.15, 0.2) is 24.3 Å². The van der Waals surface area contributed by atoms with Gasteiger partial charge in [-0.3, -0.25) is 4.79 Å². The van der Waals surface area contributed by atoms with Crippen LogP contribution in [-0.2, 0) is 15.3 Å². The fourth-order valence-electron chi connectivity index (χ4n) is 1.55. The summed E-state index contributed by atoms with van der Waals surface area (Å²) in [5.74, 6) is 0.516. The number of esters is 1. The monoisotopic (exact) mass is 311 g/mol. The SMILES string of the molecule is CCC(C)OC(=O)C(C)SCc1ccccc1C(N)=S. The number of nitrogens with two attached hydrogens (primary N) is 1. The summed E-state index contributed by atoms with van der Waals surface area (Å²) in [7, 11) is 0. The first-order chi connectivity index (χ1) is 9.45. The molecule has 2 atom stereocenters. The molecule has 5 heteroatoms. The van der Waals surface area contributed by atoms with E-state index in [-0.39, 0.29) is 17.3 Å². The maximum absolute atomic E-state index is 11.9. The van der Waals surface area contributed by atoms with E-state index in [1.807, 2.05) is 45.0 Å². The van der Waals surface area contributed by atoms with E-state index < -0.39 is 0 Å². The average Bonchev–Trinajstić information content (AvgIpc) is 2.44. The highest BCUT2D eigenvalue weighted by Crippen LogP contribution is 2.22. The minimum absolute atomic E-state index is 0.0329. The lowest BCUT2D eigenvalue weighted by Crippen LogP contribution is -2.22. The molecule has 0 aliphatic heterocycles. The Bertz CT molecular complexity index is 477. The third-order valence-electron chi connectivity index (χ3n) is 3.00. The van der Waals surface area contributed by atoms with Gasteiger partial charge in [0.15, 0.2) is 0 Å². The number of benzene rings is 1. The van der Waals surface area contributed by atoms with Gasteiger partial charge in [-0.05, 0) is 25.8 Å². The molecule has 2 N–H and O–H groups in total. The number of thiocarbonyl (C=S) groups is 1. The van der Waals surface area contributed by atoms with Gasteiger partial charge in [-0.15, -0.1) is 11.8 Å². The van der Waals surface area contributed by atoms with Gasteiger partial charge in [0.1, 0.15) is 4.99 Å². The molecule has 1 rings (SSSR count). The molecule has 3 nitrogen and oxygen atoms in total. The molecule has 0 saturated heterocycles. The largest absolute Gasteiger partial charge is 0.462 e. The first-order valence-corrected chi connectivity index (χ1v) is 8.11. The maximum atomic E-state index is 11.9. The van der Waals surface area contributed by atoms with Gasteiger partial charge in [-0.2, -0.15) is 0 Å². The van der Waals surface area contributed by atoms with Gasteiger partial charge >= 0.3 is 5.97 Å². The van der Waals surface area contributed by atoms with Gasteiger partial charge in [-0.25, -0.2) is 0 Å². The van der Waals surface area contributed by atoms with Crippen molar-refractivity contribution in [2.24, 2.45) is 5.73 Å². The van der Waals surface area contributed by atoms with Crippen molar-refractivity contribution in [1.29, 1.82) is 0 Å². The van der Waals surface area contributed by atoms with E-state index in [1.165, 1.54) is 11.8 Å². The predicted octanol–water partition coefficient (Wildman–Crippen LogP) is 3.28. The zero-order chi connectivity index (χ0) is 15.1. The lowest BCUT2D eigenvalue weighted by Gasteiger charge is -2.16. The molecule has 1 aromatic carbocycles. The van der Waals surface area contributed by atoms with Crippen LogP contribution in [0.25, 0.3) is 0 Å². The predicted molar refractivity (Wildman–Crippen MR) is 88.9 cm³/mol. The van der Waals surface area contributed by atoms with Gasteiger partial charge in [0, 0.05) is 11.3 Å². The summed E-state index contributed by atoms with van der Waals surface area (Å²) in [4.78, 5) is 12.2. The van der Waals surface area contributed by atoms with Crippen molar-refractivity contribution in [1.82, 2.24) is 0 Å². The van der Waals surface area contributed by atoms with Gasteiger partial charge < -0.3 is 10.5 Å². The molecule has 0 amide bonds. The maximum Gasteiger partial charge on any atom is 0.319 e. The molecule has 0 aliphatic rings. The van der Waals surface area contributed by atoms with Crippen LogP contribution in [0.5, 0.6) is 0 Å². The van der Waals surface area contributed by atoms with Gasteiger partial charge in [-0.1, -0.05) is 43.4 Å². The fraction of sp³-hybridized carbons (Fsp3) is 0.467. The lowest BCUT2D eigenvalue weighted by molar-refractivity contribution is -0.147. The molecule has 0 heterocycles. The molecular weight excluding hydrogens is 290 g/mol. The van der Waals surface area contributed by atoms with Crippen molar-refractivity contribution < 1.29 is 9.53 Å². The smallest absolute Gasteiger partial charge is 0.319 e. The second-order valence-electron chi connectivity index (χ2n) is 4.63. The average molecular weight is 311 g/mol. The molecule has 2 unspecified atom stereocenters. The molecule has 0 spiro atoms. The fourth-order valence-corrected chi connectivity index (χ4v) is 2.62. The molecular formula is C15H21NO2S2. The summed E-state index contributed by atoms with van der Waals surface area (Å²) in [6, 6.07) is 7.73. The van der Waals surface area contributed by atoms with Crippen molar-refractivity contribution >= 4 is 34.9 Å². The lowest BCUT2D eigenvalue weighted by atomic mass is 10.1. The summed E-state index contributed by atoms with van der Waals surface area (Å²) in [6.07, 6.45) is 0.794. The Labute approximate surface area is 130 Å². The van der Waals surface area contributed by atoms with Crippen molar-refractivity contribution in [3.05, 3.63) is 35.4 Å². The summed E-state index contributed by atoms with van der Waals surface area (Å²) < 4.78 is 5.32. The number of carbonyl (C=O) groups excluding carboxylic acids is 1. The van der Waals surface area contributed by atoms with Crippen LogP contribution in [0.3, 0.4) is 0 Å². The van der Waals surface area contributed by atoms with Gasteiger partial charge in [0.2, 0.25) is 0 Å². The summed E-state index contributed by atoms with van der Waals surface area (Å²) >= 11 is 6.56. The minimum Gasteiger partial charge on any atom is -0.462 e. The highest BCUT2D eigenvalue weighted by molar-refractivity contribution is 7.99. The number of hydrogen-bond donors (Lipinski definition) is 1. The molecule has 0 aromatic heterocycles. The number of hydrogen-bond acceptors (Lipinski definition) is 4. The summed E-state index contributed by atoms with van der Waals surface area (Å²) in [5.41, 5.74) is 7.62. The molecule has 110 valence electrons. The van der Waals surface area contributed by atoms with E-state index in [0.717, 1.165) is 17.5 Å². The van der Waals surface area contributed by atoms with Crippen LogP contribution in [0.1, 0.15) is 38.3 Å². The third kappa shape index (κ3) is 5.13. The van der Waals surface area contributed by atoms with Crippen molar-refractivity contribution in [2.45, 2.75) is 44.3 Å². The molecule has 0 fully saturated rings. The molecule has 0 radical (unpaired) electrons. The Morgan fingerprint density at radius 3 is 2.65 bits per heavy atom. The topological polar surface area (TPSA) is 52.3 Å².